The molecule has 4 aliphatic rings. The van der Waals surface area contributed by atoms with Crippen LogP contribution in [0.2, 0.25) is 5.02 Å². The molecule has 2 aromatic carbocycles. The van der Waals surface area contributed by atoms with Crippen molar-refractivity contribution < 1.29 is 22.8 Å². The van der Waals surface area contributed by atoms with Gasteiger partial charge in [0.1, 0.15) is 0 Å². The van der Waals surface area contributed by atoms with Gasteiger partial charge in [0, 0.05) is 39.7 Å². The highest BCUT2D eigenvalue weighted by molar-refractivity contribution is 8.00. The van der Waals surface area contributed by atoms with Crippen molar-refractivity contribution >= 4 is 68.1 Å². The summed E-state index contributed by atoms with van der Waals surface area (Å²) in [5.74, 6) is -1.74. The van der Waals surface area contributed by atoms with Crippen LogP contribution in [0.4, 0.5) is 5.69 Å². The Morgan fingerprint density at radius 2 is 1.69 bits per heavy atom. The van der Waals surface area contributed by atoms with E-state index in [1.54, 1.807) is 11.8 Å². The average molecular weight is 645 g/mol. The maximum atomic E-state index is 13.7. The molecule has 0 radical (unpaired) electrons. The summed E-state index contributed by atoms with van der Waals surface area (Å²) in [4.78, 5) is 57.4. The third-order valence-electron chi connectivity index (χ3n) is 9.07. The molecule has 2 saturated carbocycles. The summed E-state index contributed by atoms with van der Waals surface area (Å²) >= 11 is 9.01. The molecule has 218 valence electrons. The second-order valence-electron chi connectivity index (χ2n) is 11.2. The van der Waals surface area contributed by atoms with Gasteiger partial charge >= 0.3 is 4.87 Å². The Hall–Kier alpha value is -2.97. The zero-order chi connectivity index (χ0) is 29.5. The molecule has 3 fully saturated rings. The second-order valence-corrected chi connectivity index (χ2v) is 15.4. The van der Waals surface area contributed by atoms with Crippen LogP contribution >= 0.6 is 34.7 Å². The summed E-state index contributed by atoms with van der Waals surface area (Å²) < 4.78 is 22.9. The van der Waals surface area contributed by atoms with E-state index in [1.807, 2.05) is 24.3 Å². The number of nitrogens with two attached hydrogens (primary N) is 1. The van der Waals surface area contributed by atoms with E-state index in [-0.39, 0.29) is 63.5 Å². The number of hydrogen-bond donors (Lipinski definition) is 3. The number of halogens is 1. The first-order valence-electron chi connectivity index (χ1n) is 13.4. The summed E-state index contributed by atoms with van der Waals surface area (Å²) in [6.45, 7) is -0.0328. The van der Waals surface area contributed by atoms with Gasteiger partial charge in [-0.1, -0.05) is 35.1 Å². The van der Waals surface area contributed by atoms with Gasteiger partial charge in [0.2, 0.25) is 27.7 Å². The zero-order valence-electron chi connectivity index (χ0n) is 21.9. The molecule has 1 aromatic heterocycles. The number of thiazole rings is 1. The first-order chi connectivity index (χ1) is 20.0. The molecule has 2 aliphatic heterocycles. The second kappa shape index (κ2) is 10.1. The Morgan fingerprint density at radius 1 is 1.02 bits per heavy atom. The average Bonchev–Trinajstić information content (AvgIpc) is 3.67. The minimum absolute atomic E-state index is 0.00559. The van der Waals surface area contributed by atoms with Gasteiger partial charge in [0.15, 0.2) is 0 Å². The topological polar surface area (TPSA) is 159 Å². The first kappa shape index (κ1) is 27.8. The van der Waals surface area contributed by atoms with Crippen LogP contribution in [0.5, 0.6) is 0 Å². The number of amides is 3. The molecule has 7 atom stereocenters. The van der Waals surface area contributed by atoms with Crippen molar-refractivity contribution in [3.8, 4) is 0 Å². The van der Waals surface area contributed by atoms with Crippen molar-refractivity contribution in [3.05, 3.63) is 73.7 Å². The van der Waals surface area contributed by atoms with E-state index >= 15 is 0 Å². The van der Waals surface area contributed by atoms with Crippen LogP contribution in [0.15, 0.2) is 63.2 Å². The fourth-order valence-corrected chi connectivity index (χ4v) is 11.0. The SMILES string of the molecule is NS(=O)(=O)c1ccc(NC(=O)CCN2C(=O)C3C4CC(C3C2=O)C2C(c3ccc(Cl)cc3)c3sc(=O)[nH]c3SC42)cc1. The third kappa shape index (κ3) is 4.44. The maximum absolute atomic E-state index is 13.7. The van der Waals surface area contributed by atoms with Crippen LogP contribution in [0.1, 0.15) is 29.2 Å². The Kier molecular flexibility index (Phi) is 6.66. The van der Waals surface area contributed by atoms with Crippen LogP contribution in [0.25, 0.3) is 0 Å². The molecular weight excluding hydrogens is 620 g/mol. The minimum Gasteiger partial charge on any atom is -0.326 e. The molecule has 14 heteroatoms. The van der Waals surface area contributed by atoms with Gasteiger partial charge < -0.3 is 10.3 Å². The summed E-state index contributed by atoms with van der Waals surface area (Å²) in [5, 5.41) is 9.33. The highest BCUT2D eigenvalue weighted by Gasteiger charge is 2.69. The first-order valence-corrected chi connectivity index (χ1v) is 17.1. The summed E-state index contributed by atoms with van der Waals surface area (Å²) in [7, 11) is -3.85. The van der Waals surface area contributed by atoms with Crippen LogP contribution in [0, 0.1) is 29.6 Å². The standard InChI is InChI=1S/C28H25ClN4O6S3/c29-13-3-1-12(2-4-13)19-20-16-11-17(23(20)40-25-24(19)41-28(37)32-25)22-21(16)26(35)33(27(22)36)10-9-18(34)31-14-5-7-15(8-6-14)42(30,38)39/h1-8,16-17,19-23H,9-11H2,(H,31,34)(H,32,37)(H2,30,38,39). The number of imide groups is 1. The van der Waals surface area contributed by atoms with Crippen molar-refractivity contribution in [2.45, 2.75) is 33.9 Å². The molecule has 1 saturated heterocycles. The van der Waals surface area contributed by atoms with Crippen molar-refractivity contribution in [2.24, 2.45) is 34.7 Å². The monoisotopic (exact) mass is 644 g/mol. The molecule has 2 bridgehead atoms. The Bertz CT molecular complexity index is 1790. The number of likely N-dealkylation sites (tertiary alicyclic amines) is 1. The number of carbonyl (C=O) groups is 3. The van der Waals surface area contributed by atoms with E-state index in [4.69, 9.17) is 16.7 Å². The predicted octanol–water partition coefficient (Wildman–Crippen LogP) is 3.24. The van der Waals surface area contributed by atoms with Gasteiger partial charge in [-0.25, -0.2) is 13.6 Å². The summed E-state index contributed by atoms with van der Waals surface area (Å²) in [6, 6.07) is 13.1. The number of fused-ring (bicyclic) bond motifs is 9. The van der Waals surface area contributed by atoms with E-state index in [0.717, 1.165) is 21.9 Å². The molecule has 3 aromatic rings. The molecular formula is C28H25ClN4O6S3. The number of primary sulfonamides is 1. The van der Waals surface area contributed by atoms with Gasteiger partial charge in [-0.15, -0.1) is 11.8 Å². The van der Waals surface area contributed by atoms with Crippen molar-refractivity contribution in [2.75, 3.05) is 11.9 Å². The van der Waals surface area contributed by atoms with E-state index in [1.165, 1.54) is 40.5 Å². The number of nitrogens with zero attached hydrogens (tertiary/aromatic N) is 1. The molecule has 3 amide bonds. The van der Waals surface area contributed by atoms with Crippen molar-refractivity contribution in [1.29, 1.82) is 0 Å². The zero-order valence-corrected chi connectivity index (χ0v) is 25.1. The molecule has 10 nitrogen and oxygen atoms in total. The molecule has 7 rings (SSSR count). The van der Waals surface area contributed by atoms with Gasteiger partial charge in [-0.3, -0.25) is 24.1 Å². The lowest BCUT2D eigenvalue weighted by Gasteiger charge is -2.43. The smallest absolute Gasteiger partial charge is 0.305 e. The fraction of sp³-hybridized carbons (Fsp3) is 0.357. The van der Waals surface area contributed by atoms with Crippen LogP contribution in [-0.4, -0.2) is 47.8 Å². The maximum Gasteiger partial charge on any atom is 0.305 e. The number of carbonyl (C=O) groups excluding carboxylic acids is 3. The normalized spacial score (nSPS) is 29.4. The van der Waals surface area contributed by atoms with E-state index < -0.39 is 27.8 Å². The number of rotatable bonds is 6. The molecule has 2 aliphatic carbocycles. The fourth-order valence-electron chi connectivity index (χ4n) is 7.51. The van der Waals surface area contributed by atoms with Gasteiger partial charge in [0.25, 0.3) is 0 Å². The van der Waals surface area contributed by atoms with Gasteiger partial charge in [-0.2, -0.15) is 0 Å². The van der Waals surface area contributed by atoms with E-state index in [0.29, 0.717) is 10.7 Å². The van der Waals surface area contributed by atoms with Crippen molar-refractivity contribution in [3.63, 3.8) is 0 Å². The Balaban J connectivity index is 1.10. The number of thioether (sulfide) groups is 1. The number of H-pyrrole nitrogens is 1. The molecule has 7 unspecified atom stereocenters. The highest BCUT2D eigenvalue weighted by atomic mass is 35.5. The molecule has 42 heavy (non-hydrogen) atoms. The van der Waals surface area contributed by atoms with Crippen molar-refractivity contribution in [1.82, 2.24) is 9.88 Å². The van der Waals surface area contributed by atoms with Crippen LogP contribution < -0.4 is 15.3 Å². The number of anilines is 1. The lowest BCUT2D eigenvalue weighted by Crippen LogP contribution is -2.42. The van der Waals surface area contributed by atoms with Crippen LogP contribution in [0.3, 0.4) is 0 Å². The summed E-state index contributed by atoms with van der Waals surface area (Å²) in [5.41, 5.74) is 1.42. The lowest BCUT2D eigenvalue weighted by molar-refractivity contribution is -0.141. The number of benzene rings is 2. The summed E-state index contributed by atoms with van der Waals surface area (Å²) in [6.07, 6.45) is 0.692. The van der Waals surface area contributed by atoms with Gasteiger partial charge in [-0.05, 0) is 66.1 Å². The third-order valence-corrected chi connectivity index (χ3v) is 12.8. The Labute approximate surface area is 254 Å². The largest absolute Gasteiger partial charge is 0.326 e. The lowest BCUT2D eigenvalue weighted by atomic mass is 9.68. The number of sulfonamides is 1. The quantitative estimate of drug-likeness (QED) is 0.347. The minimum atomic E-state index is -3.85. The molecule has 4 N–H and O–H groups in total. The Morgan fingerprint density at radius 3 is 2.36 bits per heavy atom. The molecule has 3 heterocycles. The van der Waals surface area contributed by atoms with Gasteiger partial charge in [0.05, 0.1) is 21.8 Å². The van der Waals surface area contributed by atoms with E-state index in [9.17, 15) is 27.6 Å². The highest BCUT2D eigenvalue weighted by Crippen LogP contribution is 2.68. The number of nitrogens with one attached hydrogen (secondary N) is 2. The number of aromatic amines is 1. The number of hydrogen-bond acceptors (Lipinski definition) is 8. The predicted molar refractivity (Wildman–Crippen MR) is 158 cm³/mol. The molecule has 0 spiro atoms. The number of aromatic nitrogens is 1. The van der Waals surface area contributed by atoms with E-state index in [2.05, 4.69) is 10.3 Å². The van der Waals surface area contributed by atoms with Crippen LogP contribution in [-0.2, 0) is 24.4 Å².